The van der Waals surface area contributed by atoms with Gasteiger partial charge in [0.2, 0.25) is 0 Å². The van der Waals surface area contributed by atoms with Crippen LogP contribution in [0.3, 0.4) is 0 Å². The molecule has 0 unspecified atom stereocenters. The van der Waals surface area contributed by atoms with Gasteiger partial charge in [-0.3, -0.25) is 0 Å². The van der Waals surface area contributed by atoms with Gasteiger partial charge in [0, 0.05) is 0 Å². The molecule has 5 nitrogen and oxygen atoms in total. The second-order valence-electron chi connectivity index (χ2n) is 6.22. The third-order valence-corrected chi connectivity index (χ3v) is 3.35. The molecule has 0 amide bonds. The topological polar surface area (TPSA) is 61.8 Å². The van der Waals surface area contributed by atoms with E-state index >= 15 is 0 Å². The van der Waals surface area contributed by atoms with Crippen molar-refractivity contribution >= 4 is 12.1 Å². The van der Waals surface area contributed by atoms with Crippen LogP contribution in [0.25, 0.3) is 0 Å². The van der Waals surface area contributed by atoms with E-state index in [0.717, 1.165) is 5.56 Å². The monoisotopic (exact) mass is 328 g/mol. The maximum Gasteiger partial charge on any atom is 0.519 e. The molecule has 0 aliphatic rings. The van der Waals surface area contributed by atoms with E-state index in [1.54, 1.807) is 36.4 Å². The molecule has 2 aromatic rings. The molecule has 0 saturated heterocycles. The van der Waals surface area contributed by atoms with E-state index in [2.05, 4.69) is 0 Å². The molecule has 2 aromatic carbocycles. The molecule has 0 N–H and O–H groups in total. The Morgan fingerprint density at radius 2 is 1.50 bits per heavy atom. The molecule has 0 bridgehead atoms. The van der Waals surface area contributed by atoms with Gasteiger partial charge < -0.3 is 14.2 Å². The third kappa shape index (κ3) is 4.35. The lowest BCUT2D eigenvalue weighted by atomic mass is 9.83. The lowest BCUT2D eigenvalue weighted by molar-refractivity contribution is 0.0598. The first-order valence-corrected chi connectivity index (χ1v) is 7.49. The number of hydrogen-bond donors (Lipinski definition) is 0. The molecule has 0 aliphatic carbocycles. The van der Waals surface area contributed by atoms with E-state index in [0.29, 0.717) is 17.1 Å². The van der Waals surface area contributed by atoms with Crippen molar-refractivity contribution < 1.29 is 23.8 Å². The largest absolute Gasteiger partial charge is 0.519 e. The molecule has 0 aliphatic heterocycles. The van der Waals surface area contributed by atoms with Crippen LogP contribution in [0.1, 0.15) is 36.7 Å². The first-order chi connectivity index (χ1) is 11.3. The van der Waals surface area contributed by atoms with Crippen LogP contribution in [0, 0.1) is 0 Å². The fraction of sp³-hybridized carbons (Fsp3) is 0.263. The second kappa shape index (κ2) is 7.17. The minimum Gasteiger partial charge on any atom is -0.465 e. The molecule has 5 heteroatoms. The minimum atomic E-state index is -0.841. The highest BCUT2D eigenvalue weighted by molar-refractivity contribution is 5.91. The lowest BCUT2D eigenvalue weighted by Gasteiger charge is -2.22. The Bertz CT molecular complexity index is 729. The van der Waals surface area contributed by atoms with Crippen molar-refractivity contribution in [3.8, 4) is 11.5 Å². The number of rotatable bonds is 3. The summed E-state index contributed by atoms with van der Waals surface area (Å²) in [7, 11) is 1.33. The summed E-state index contributed by atoms with van der Waals surface area (Å²) in [6, 6.07) is 13.4. The van der Waals surface area contributed by atoms with Gasteiger partial charge in [-0.1, -0.05) is 39.0 Å². The Labute approximate surface area is 141 Å². The van der Waals surface area contributed by atoms with E-state index in [-0.39, 0.29) is 5.41 Å². The van der Waals surface area contributed by atoms with Crippen LogP contribution in [0.5, 0.6) is 11.5 Å². The molecule has 0 radical (unpaired) electrons. The van der Waals surface area contributed by atoms with Crippen LogP contribution in [-0.2, 0) is 10.2 Å². The second-order valence-corrected chi connectivity index (χ2v) is 6.22. The fourth-order valence-corrected chi connectivity index (χ4v) is 2.20. The van der Waals surface area contributed by atoms with E-state index in [1.807, 2.05) is 26.8 Å². The first-order valence-electron chi connectivity index (χ1n) is 7.49. The number of carbonyl (C=O) groups is 2. The normalized spacial score (nSPS) is 10.8. The highest BCUT2D eigenvalue weighted by Crippen LogP contribution is 2.30. The summed E-state index contributed by atoms with van der Waals surface area (Å²) >= 11 is 0. The van der Waals surface area contributed by atoms with Gasteiger partial charge in [0.25, 0.3) is 0 Å². The number of para-hydroxylation sites is 1. The zero-order chi connectivity index (χ0) is 17.7. The van der Waals surface area contributed by atoms with Crippen molar-refractivity contribution in [3.05, 3.63) is 59.7 Å². The van der Waals surface area contributed by atoms with Gasteiger partial charge in [0.05, 0.1) is 12.7 Å². The zero-order valence-corrected chi connectivity index (χ0v) is 14.2. The predicted octanol–water partition coefficient (Wildman–Crippen LogP) is 4.35. The Morgan fingerprint density at radius 1 is 0.875 bits per heavy atom. The quantitative estimate of drug-likeness (QED) is 0.619. The molecule has 2 rings (SSSR count). The summed E-state index contributed by atoms with van der Waals surface area (Å²) in [5.41, 5.74) is 0.833. The number of benzene rings is 2. The maximum absolute atomic E-state index is 11.9. The van der Waals surface area contributed by atoms with Gasteiger partial charge in [0.1, 0.15) is 11.5 Å². The van der Waals surface area contributed by atoms with Crippen molar-refractivity contribution in [1.29, 1.82) is 0 Å². The van der Waals surface area contributed by atoms with Crippen LogP contribution in [-0.4, -0.2) is 19.2 Å². The number of hydrogen-bond acceptors (Lipinski definition) is 5. The van der Waals surface area contributed by atoms with E-state index in [1.165, 1.54) is 13.2 Å². The highest BCUT2D eigenvalue weighted by atomic mass is 16.7. The highest BCUT2D eigenvalue weighted by Gasteiger charge is 2.23. The number of methoxy groups -OCH3 is 1. The summed E-state index contributed by atoms with van der Waals surface area (Å²) in [4.78, 5) is 23.8. The standard InChI is InChI=1S/C19H20O5/c1-19(2,3)16-12-14(10-11-15(16)17(20)22-4)24-18(21)23-13-8-6-5-7-9-13/h5-12H,1-4H3. The molecule has 0 saturated carbocycles. The summed E-state index contributed by atoms with van der Waals surface area (Å²) in [5, 5.41) is 0. The SMILES string of the molecule is COC(=O)c1ccc(OC(=O)Oc2ccccc2)cc1C(C)(C)C. The molecule has 126 valence electrons. The third-order valence-electron chi connectivity index (χ3n) is 3.35. The molecule has 0 atom stereocenters. The Morgan fingerprint density at radius 3 is 2.08 bits per heavy atom. The van der Waals surface area contributed by atoms with Gasteiger partial charge in [-0.25, -0.2) is 9.59 Å². The Balaban J connectivity index is 2.22. The predicted molar refractivity (Wildman–Crippen MR) is 89.6 cm³/mol. The van der Waals surface area contributed by atoms with Gasteiger partial charge in [-0.05, 0) is 41.3 Å². The Hall–Kier alpha value is -2.82. The molecule has 0 aromatic heterocycles. The number of esters is 1. The number of carbonyl (C=O) groups excluding carboxylic acids is 2. The van der Waals surface area contributed by atoms with Gasteiger partial charge >= 0.3 is 12.1 Å². The Kier molecular flexibility index (Phi) is 5.24. The molecule has 0 spiro atoms. The molecule has 0 heterocycles. The maximum atomic E-state index is 11.9. The average molecular weight is 328 g/mol. The molecular formula is C19H20O5. The van der Waals surface area contributed by atoms with Crippen molar-refractivity contribution in [1.82, 2.24) is 0 Å². The van der Waals surface area contributed by atoms with Gasteiger partial charge in [-0.15, -0.1) is 0 Å². The smallest absolute Gasteiger partial charge is 0.465 e. The number of ether oxygens (including phenoxy) is 3. The first kappa shape index (κ1) is 17.5. The van der Waals surface area contributed by atoms with Crippen LogP contribution in [0.15, 0.2) is 48.5 Å². The van der Waals surface area contributed by atoms with E-state index < -0.39 is 12.1 Å². The van der Waals surface area contributed by atoms with Crippen molar-refractivity contribution in [2.75, 3.05) is 7.11 Å². The average Bonchev–Trinajstić information content (AvgIpc) is 2.54. The van der Waals surface area contributed by atoms with Crippen LogP contribution >= 0.6 is 0 Å². The van der Waals surface area contributed by atoms with Crippen molar-refractivity contribution in [3.63, 3.8) is 0 Å². The minimum absolute atomic E-state index is 0.300. The zero-order valence-electron chi connectivity index (χ0n) is 14.2. The molecule has 24 heavy (non-hydrogen) atoms. The molecular weight excluding hydrogens is 308 g/mol. The summed E-state index contributed by atoms with van der Waals surface area (Å²) in [6.45, 7) is 5.88. The fourth-order valence-electron chi connectivity index (χ4n) is 2.20. The van der Waals surface area contributed by atoms with Crippen LogP contribution in [0.4, 0.5) is 4.79 Å². The van der Waals surface area contributed by atoms with E-state index in [4.69, 9.17) is 14.2 Å². The van der Waals surface area contributed by atoms with E-state index in [9.17, 15) is 9.59 Å². The van der Waals surface area contributed by atoms with Crippen molar-refractivity contribution in [2.24, 2.45) is 0 Å². The van der Waals surface area contributed by atoms with Gasteiger partial charge in [-0.2, -0.15) is 0 Å². The van der Waals surface area contributed by atoms with Gasteiger partial charge in [0.15, 0.2) is 0 Å². The summed E-state index contributed by atoms with van der Waals surface area (Å²) in [5.74, 6) is 0.261. The summed E-state index contributed by atoms with van der Waals surface area (Å²) < 4.78 is 15.1. The lowest BCUT2D eigenvalue weighted by Crippen LogP contribution is -2.19. The van der Waals surface area contributed by atoms with Crippen LogP contribution < -0.4 is 9.47 Å². The van der Waals surface area contributed by atoms with Crippen LogP contribution in [0.2, 0.25) is 0 Å². The molecule has 0 fully saturated rings. The summed E-state index contributed by atoms with van der Waals surface area (Å²) in [6.07, 6.45) is -0.841. The van der Waals surface area contributed by atoms with Crippen molar-refractivity contribution in [2.45, 2.75) is 26.2 Å².